The lowest BCUT2D eigenvalue weighted by atomic mass is 9.84. The molecule has 1 aliphatic carbocycles. The number of hydrogen-bond acceptors (Lipinski definition) is 2. The first kappa shape index (κ1) is 12.2. The standard InChI is InChI=1S/C15H21NO/c1-16(11-12-17)15-9-7-14(8-10-15)13-5-3-2-4-6-13/h7-10,12-13H,2-6,11H2,1H3. The average Bonchev–Trinajstić information content (AvgIpc) is 2.40. The number of carbonyl (C=O) groups is 1. The van der Waals surface area contributed by atoms with Crippen molar-refractivity contribution in [2.75, 3.05) is 18.5 Å². The van der Waals surface area contributed by atoms with Gasteiger partial charge in [-0.05, 0) is 36.5 Å². The Kier molecular flexibility index (Phi) is 4.18. The first-order chi connectivity index (χ1) is 8.31. The fourth-order valence-electron chi connectivity index (χ4n) is 2.65. The lowest BCUT2D eigenvalue weighted by Gasteiger charge is -2.23. The van der Waals surface area contributed by atoms with E-state index in [-0.39, 0.29) is 0 Å². The van der Waals surface area contributed by atoms with Gasteiger partial charge in [-0.15, -0.1) is 0 Å². The maximum Gasteiger partial charge on any atom is 0.139 e. The van der Waals surface area contributed by atoms with E-state index in [1.165, 1.54) is 37.7 Å². The summed E-state index contributed by atoms with van der Waals surface area (Å²) in [6, 6.07) is 8.72. The fourth-order valence-corrected chi connectivity index (χ4v) is 2.65. The van der Waals surface area contributed by atoms with Gasteiger partial charge in [-0.1, -0.05) is 31.4 Å². The van der Waals surface area contributed by atoms with Gasteiger partial charge in [-0.3, -0.25) is 0 Å². The third kappa shape index (κ3) is 3.09. The van der Waals surface area contributed by atoms with E-state index in [0.29, 0.717) is 6.54 Å². The van der Waals surface area contributed by atoms with E-state index in [9.17, 15) is 4.79 Å². The van der Waals surface area contributed by atoms with Gasteiger partial charge in [0.15, 0.2) is 0 Å². The van der Waals surface area contributed by atoms with Crippen LogP contribution in [0.5, 0.6) is 0 Å². The predicted molar refractivity (Wildman–Crippen MR) is 71.6 cm³/mol. The van der Waals surface area contributed by atoms with Gasteiger partial charge < -0.3 is 9.69 Å². The van der Waals surface area contributed by atoms with Crippen LogP contribution in [0, 0.1) is 0 Å². The third-order valence-electron chi connectivity index (χ3n) is 3.76. The second-order valence-corrected chi connectivity index (χ2v) is 4.97. The first-order valence-corrected chi connectivity index (χ1v) is 6.56. The topological polar surface area (TPSA) is 20.3 Å². The van der Waals surface area contributed by atoms with E-state index in [4.69, 9.17) is 0 Å². The number of hydrogen-bond donors (Lipinski definition) is 0. The minimum Gasteiger partial charge on any atom is -0.368 e. The molecule has 0 amide bonds. The Labute approximate surface area is 104 Å². The van der Waals surface area contributed by atoms with E-state index in [2.05, 4.69) is 24.3 Å². The number of nitrogens with zero attached hydrogens (tertiary/aromatic N) is 1. The van der Waals surface area contributed by atoms with Crippen LogP contribution in [-0.4, -0.2) is 19.9 Å². The van der Waals surface area contributed by atoms with Crippen LogP contribution < -0.4 is 4.90 Å². The van der Waals surface area contributed by atoms with Crippen LogP contribution in [0.2, 0.25) is 0 Å². The van der Waals surface area contributed by atoms with E-state index in [1.807, 2.05) is 11.9 Å². The van der Waals surface area contributed by atoms with E-state index >= 15 is 0 Å². The summed E-state index contributed by atoms with van der Waals surface area (Å²) in [5, 5.41) is 0. The average molecular weight is 231 g/mol. The molecular formula is C15H21NO. The highest BCUT2D eigenvalue weighted by atomic mass is 16.1. The smallest absolute Gasteiger partial charge is 0.139 e. The summed E-state index contributed by atoms with van der Waals surface area (Å²) in [6.45, 7) is 0.461. The van der Waals surface area contributed by atoms with E-state index in [1.54, 1.807) is 0 Å². The Bertz CT molecular complexity index is 352. The van der Waals surface area contributed by atoms with E-state index < -0.39 is 0 Å². The minimum atomic E-state index is 0.461. The first-order valence-electron chi connectivity index (χ1n) is 6.56. The van der Waals surface area contributed by atoms with Crippen molar-refractivity contribution in [3.8, 4) is 0 Å². The molecule has 0 bridgehead atoms. The summed E-state index contributed by atoms with van der Waals surface area (Å²) in [5.41, 5.74) is 2.59. The maximum atomic E-state index is 10.5. The minimum absolute atomic E-state index is 0.461. The second kappa shape index (κ2) is 5.85. The molecule has 0 N–H and O–H groups in total. The van der Waals surface area contributed by atoms with Crippen LogP contribution in [-0.2, 0) is 4.79 Å². The summed E-state index contributed by atoms with van der Waals surface area (Å²) in [7, 11) is 1.95. The van der Waals surface area contributed by atoms with Crippen molar-refractivity contribution in [3.05, 3.63) is 29.8 Å². The second-order valence-electron chi connectivity index (χ2n) is 4.97. The van der Waals surface area contributed by atoms with Gasteiger partial charge in [0.05, 0.1) is 6.54 Å². The monoisotopic (exact) mass is 231 g/mol. The highest BCUT2D eigenvalue weighted by molar-refractivity contribution is 5.61. The van der Waals surface area contributed by atoms with Crippen molar-refractivity contribution in [2.45, 2.75) is 38.0 Å². The van der Waals surface area contributed by atoms with Crippen molar-refractivity contribution in [3.63, 3.8) is 0 Å². The van der Waals surface area contributed by atoms with Crippen molar-refractivity contribution >= 4 is 12.0 Å². The molecule has 0 aliphatic heterocycles. The molecule has 1 aromatic carbocycles. The molecule has 1 fully saturated rings. The van der Waals surface area contributed by atoms with Crippen molar-refractivity contribution in [1.82, 2.24) is 0 Å². The Morgan fingerprint density at radius 1 is 1.18 bits per heavy atom. The molecule has 0 unspecified atom stereocenters. The van der Waals surface area contributed by atoms with Crippen LogP contribution in [0.4, 0.5) is 5.69 Å². The number of anilines is 1. The van der Waals surface area contributed by atoms with Crippen LogP contribution in [0.25, 0.3) is 0 Å². The molecule has 0 aromatic heterocycles. The Hall–Kier alpha value is -1.31. The molecule has 2 nitrogen and oxygen atoms in total. The van der Waals surface area contributed by atoms with Gasteiger partial charge >= 0.3 is 0 Å². The van der Waals surface area contributed by atoms with Crippen LogP contribution in [0.15, 0.2) is 24.3 Å². The van der Waals surface area contributed by atoms with Gasteiger partial charge in [-0.25, -0.2) is 0 Å². The summed E-state index contributed by atoms with van der Waals surface area (Å²) >= 11 is 0. The summed E-state index contributed by atoms with van der Waals surface area (Å²) in [4.78, 5) is 12.4. The highest BCUT2D eigenvalue weighted by Crippen LogP contribution is 2.33. The third-order valence-corrected chi connectivity index (χ3v) is 3.76. The lowest BCUT2D eigenvalue weighted by Crippen LogP contribution is -2.19. The van der Waals surface area contributed by atoms with Gasteiger partial charge in [0.25, 0.3) is 0 Å². The summed E-state index contributed by atoms with van der Waals surface area (Å²) in [5.74, 6) is 0.758. The predicted octanol–water partition coefficient (Wildman–Crippen LogP) is 3.37. The quantitative estimate of drug-likeness (QED) is 0.740. The molecule has 0 radical (unpaired) electrons. The molecule has 0 saturated heterocycles. The zero-order chi connectivity index (χ0) is 12.1. The lowest BCUT2D eigenvalue weighted by molar-refractivity contribution is -0.106. The van der Waals surface area contributed by atoms with Crippen LogP contribution >= 0.6 is 0 Å². The number of rotatable bonds is 4. The molecule has 92 valence electrons. The number of carbonyl (C=O) groups excluding carboxylic acids is 1. The molecular weight excluding hydrogens is 210 g/mol. The number of aldehydes is 1. The van der Waals surface area contributed by atoms with Crippen LogP contribution in [0.3, 0.4) is 0 Å². The van der Waals surface area contributed by atoms with Gasteiger partial charge in [0.1, 0.15) is 6.29 Å². The molecule has 0 spiro atoms. The zero-order valence-electron chi connectivity index (χ0n) is 10.6. The number of benzene rings is 1. The van der Waals surface area contributed by atoms with Crippen molar-refractivity contribution in [1.29, 1.82) is 0 Å². The Morgan fingerprint density at radius 3 is 2.41 bits per heavy atom. The largest absolute Gasteiger partial charge is 0.368 e. The molecule has 1 aromatic rings. The molecule has 17 heavy (non-hydrogen) atoms. The molecule has 0 heterocycles. The highest BCUT2D eigenvalue weighted by Gasteiger charge is 2.15. The van der Waals surface area contributed by atoms with Crippen molar-refractivity contribution < 1.29 is 4.79 Å². The Balaban J connectivity index is 2.03. The molecule has 1 saturated carbocycles. The maximum absolute atomic E-state index is 10.5. The zero-order valence-corrected chi connectivity index (χ0v) is 10.6. The van der Waals surface area contributed by atoms with Crippen molar-refractivity contribution in [2.24, 2.45) is 0 Å². The Morgan fingerprint density at radius 2 is 1.82 bits per heavy atom. The summed E-state index contributed by atoms with van der Waals surface area (Å²) in [6.07, 6.45) is 7.76. The molecule has 0 atom stereocenters. The normalized spacial score (nSPS) is 16.8. The van der Waals surface area contributed by atoms with Gasteiger partial charge in [-0.2, -0.15) is 0 Å². The summed E-state index contributed by atoms with van der Waals surface area (Å²) < 4.78 is 0. The molecule has 2 rings (SSSR count). The molecule has 2 heteroatoms. The van der Waals surface area contributed by atoms with Crippen LogP contribution in [0.1, 0.15) is 43.6 Å². The SMILES string of the molecule is CN(CC=O)c1ccc(C2CCCCC2)cc1. The van der Waals surface area contributed by atoms with Gasteiger partial charge in [0.2, 0.25) is 0 Å². The number of likely N-dealkylation sites (N-methyl/N-ethyl adjacent to an activating group) is 1. The molecule has 1 aliphatic rings. The van der Waals surface area contributed by atoms with Gasteiger partial charge in [0, 0.05) is 12.7 Å². The fraction of sp³-hybridized carbons (Fsp3) is 0.533. The van der Waals surface area contributed by atoms with E-state index in [0.717, 1.165) is 17.9 Å².